The molecule has 114 valence electrons. The Morgan fingerprint density at radius 2 is 2.10 bits per heavy atom. The highest BCUT2D eigenvalue weighted by Gasteiger charge is 2.38. The van der Waals surface area contributed by atoms with Crippen molar-refractivity contribution in [2.45, 2.75) is 64.0 Å². The fourth-order valence-corrected chi connectivity index (χ4v) is 3.61. The fraction of sp³-hybridized carbons (Fsp3) is 0.611. The second kappa shape index (κ2) is 6.50. The van der Waals surface area contributed by atoms with Gasteiger partial charge in [-0.25, -0.2) is 4.79 Å². The molecule has 2 atom stereocenters. The Bertz CT molecular complexity index is 500. The number of benzene rings is 1. The number of rotatable bonds is 5. The summed E-state index contributed by atoms with van der Waals surface area (Å²) in [6.45, 7) is 3.01. The number of amides is 1. The van der Waals surface area contributed by atoms with Crippen LogP contribution in [0.5, 0.6) is 0 Å². The molecular weight excluding hydrogens is 262 g/mol. The first-order valence-corrected chi connectivity index (χ1v) is 8.34. The van der Waals surface area contributed by atoms with Crippen molar-refractivity contribution in [2.75, 3.05) is 6.54 Å². The zero-order valence-electron chi connectivity index (χ0n) is 12.9. The number of nitrogens with zero attached hydrogens (tertiary/aromatic N) is 1. The Morgan fingerprint density at radius 3 is 2.95 bits per heavy atom. The van der Waals surface area contributed by atoms with E-state index < -0.39 is 0 Å². The summed E-state index contributed by atoms with van der Waals surface area (Å²) < 4.78 is 5.64. The number of cyclic esters (lactones) is 1. The topological polar surface area (TPSA) is 29.5 Å². The van der Waals surface area contributed by atoms with Crippen molar-refractivity contribution in [2.24, 2.45) is 0 Å². The second-order valence-corrected chi connectivity index (χ2v) is 6.25. The van der Waals surface area contributed by atoms with Gasteiger partial charge in [0.25, 0.3) is 0 Å². The number of ether oxygens (including phenoxy) is 1. The summed E-state index contributed by atoms with van der Waals surface area (Å²) in [6.07, 6.45) is 7.84. The molecule has 0 radical (unpaired) electrons. The first-order valence-electron chi connectivity index (χ1n) is 8.34. The van der Waals surface area contributed by atoms with Crippen molar-refractivity contribution in [3.05, 3.63) is 35.4 Å². The molecule has 21 heavy (non-hydrogen) atoms. The minimum atomic E-state index is -0.110. The van der Waals surface area contributed by atoms with Gasteiger partial charge in [-0.3, -0.25) is 0 Å². The smallest absolute Gasteiger partial charge is 0.410 e. The van der Waals surface area contributed by atoms with E-state index in [1.165, 1.54) is 36.8 Å². The maximum atomic E-state index is 12.2. The van der Waals surface area contributed by atoms with Gasteiger partial charge in [0.1, 0.15) is 6.10 Å². The quantitative estimate of drug-likeness (QED) is 0.748. The Balaban J connectivity index is 1.68. The van der Waals surface area contributed by atoms with E-state index in [4.69, 9.17) is 4.74 Å². The summed E-state index contributed by atoms with van der Waals surface area (Å²) in [5.74, 6) is 0. The van der Waals surface area contributed by atoms with Crippen molar-refractivity contribution in [3.63, 3.8) is 0 Å². The first kappa shape index (κ1) is 14.4. The molecule has 2 aliphatic rings. The number of hydrogen-bond donors (Lipinski definition) is 0. The Hall–Kier alpha value is -1.51. The highest BCUT2D eigenvalue weighted by molar-refractivity contribution is 5.70. The van der Waals surface area contributed by atoms with Crippen LogP contribution in [0.1, 0.15) is 62.6 Å². The van der Waals surface area contributed by atoms with E-state index in [1.54, 1.807) is 0 Å². The zero-order valence-corrected chi connectivity index (χ0v) is 12.9. The minimum Gasteiger partial charge on any atom is -0.446 e. The molecule has 0 saturated carbocycles. The highest BCUT2D eigenvalue weighted by Crippen LogP contribution is 2.38. The van der Waals surface area contributed by atoms with Crippen molar-refractivity contribution >= 4 is 6.09 Å². The van der Waals surface area contributed by atoms with Gasteiger partial charge in [0.15, 0.2) is 0 Å². The molecule has 1 amide bonds. The van der Waals surface area contributed by atoms with E-state index in [1.807, 2.05) is 4.90 Å². The molecule has 0 bridgehead atoms. The van der Waals surface area contributed by atoms with Crippen molar-refractivity contribution < 1.29 is 9.53 Å². The van der Waals surface area contributed by atoms with Gasteiger partial charge in [-0.1, -0.05) is 50.5 Å². The third-order valence-corrected chi connectivity index (χ3v) is 4.78. The van der Waals surface area contributed by atoms with Crippen LogP contribution in [-0.2, 0) is 11.2 Å². The van der Waals surface area contributed by atoms with Gasteiger partial charge < -0.3 is 9.64 Å². The number of fused-ring (bicyclic) bond motifs is 3. The largest absolute Gasteiger partial charge is 0.446 e. The van der Waals surface area contributed by atoms with Crippen molar-refractivity contribution in [3.8, 4) is 0 Å². The van der Waals surface area contributed by atoms with Crippen LogP contribution in [0.25, 0.3) is 0 Å². The SMILES string of the molecule is CCCCCC[C@@H]1C[C@@H]2c3ccccc3CCN2C(=O)O1. The summed E-state index contributed by atoms with van der Waals surface area (Å²) in [4.78, 5) is 14.2. The molecule has 1 saturated heterocycles. The molecule has 3 heteroatoms. The van der Waals surface area contributed by atoms with Gasteiger partial charge in [0, 0.05) is 13.0 Å². The van der Waals surface area contributed by atoms with E-state index in [0.717, 1.165) is 25.8 Å². The van der Waals surface area contributed by atoms with Crippen LogP contribution in [0.3, 0.4) is 0 Å². The van der Waals surface area contributed by atoms with Crippen LogP contribution in [0, 0.1) is 0 Å². The second-order valence-electron chi connectivity index (χ2n) is 6.25. The molecule has 0 aromatic heterocycles. The van der Waals surface area contributed by atoms with Crippen LogP contribution < -0.4 is 0 Å². The maximum Gasteiger partial charge on any atom is 0.410 e. The summed E-state index contributed by atoms with van der Waals surface area (Å²) >= 11 is 0. The summed E-state index contributed by atoms with van der Waals surface area (Å²) in [6, 6.07) is 8.78. The van der Waals surface area contributed by atoms with Crippen LogP contribution in [0.15, 0.2) is 24.3 Å². The highest BCUT2D eigenvalue weighted by atomic mass is 16.6. The first-order chi connectivity index (χ1) is 10.3. The molecule has 0 unspecified atom stereocenters. The summed E-state index contributed by atoms with van der Waals surface area (Å²) in [5, 5.41) is 0. The predicted molar refractivity (Wildman–Crippen MR) is 83.2 cm³/mol. The number of hydrogen-bond acceptors (Lipinski definition) is 2. The molecule has 0 spiro atoms. The maximum absolute atomic E-state index is 12.2. The molecule has 2 heterocycles. The van der Waals surface area contributed by atoms with E-state index in [9.17, 15) is 4.79 Å². The lowest BCUT2D eigenvalue weighted by molar-refractivity contribution is -0.00924. The standard InChI is InChI=1S/C18H25NO2/c1-2-3-4-5-9-15-13-17-16-10-7-6-8-14(16)11-12-19(17)18(20)21-15/h6-8,10,15,17H,2-5,9,11-13H2,1H3/t15-,17-/m1/s1. The van der Waals surface area contributed by atoms with E-state index >= 15 is 0 Å². The monoisotopic (exact) mass is 287 g/mol. The Morgan fingerprint density at radius 1 is 1.24 bits per heavy atom. The average Bonchev–Trinajstić information content (AvgIpc) is 2.51. The number of unbranched alkanes of at least 4 members (excludes halogenated alkanes) is 3. The fourth-order valence-electron chi connectivity index (χ4n) is 3.61. The molecule has 1 aromatic carbocycles. The zero-order chi connectivity index (χ0) is 14.7. The van der Waals surface area contributed by atoms with E-state index in [2.05, 4.69) is 31.2 Å². The molecular formula is C18H25NO2. The molecule has 2 aliphatic heterocycles. The molecule has 0 aliphatic carbocycles. The van der Waals surface area contributed by atoms with Gasteiger partial charge in [-0.2, -0.15) is 0 Å². The molecule has 1 aromatic rings. The third-order valence-electron chi connectivity index (χ3n) is 4.78. The Kier molecular flexibility index (Phi) is 4.47. The lowest BCUT2D eigenvalue weighted by Crippen LogP contribution is -2.47. The molecule has 3 nitrogen and oxygen atoms in total. The summed E-state index contributed by atoms with van der Waals surface area (Å²) in [7, 11) is 0. The van der Waals surface area contributed by atoms with Gasteiger partial charge in [0.05, 0.1) is 6.04 Å². The number of carbonyl (C=O) groups is 1. The van der Waals surface area contributed by atoms with Gasteiger partial charge in [-0.05, 0) is 30.4 Å². The lowest BCUT2D eigenvalue weighted by atomic mass is 9.87. The molecule has 3 rings (SSSR count). The van der Waals surface area contributed by atoms with Crippen LogP contribution >= 0.6 is 0 Å². The number of carbonyl (C=O) groups excluding carboxylic acids is 1. The van der Waals surface area contributed by atoms with Gasteiger partial charge in [0.2, 0.25) is 0 Å². The van der Waals surface area contributed by atoms with Crippen LogP contribution in [0.2, 0.25) is 0 Å². The normalized spacial score (nSPS) is 24.2. The van der Waals surface area contributed by atoms with Crippen LogP contribution in [-0.4, -0.2) is 23.6 Å². The van der Waals surface area contributed by atoms with Crippen LogP contribution in [0.4, 0.5) is 4.79 Å². The summed E-state index contributed by atoms with van der Waals surface area (Å²) in [5.41, 5.74) is 2.73. The van der Waals surface area contributed by atoms with Gasteiger partial charge >= 0.3 is 6.09 Å². The van der Waals surface area contributed by atoms with E-state index in [-0.39, 0.29) is 18.2 Å². The lowest BCUT2D eigenvalue weighted by Gasteiger charge is -2.42. The minimum absolute atomic E-state index is 0.0989. The Labute approximate surface area is 127 Å². The predicted octanol–water partition coefficient (Wildman–Crippen LogP) is 4.47. The average molecular weight is 287 g/mol. The van der Waals surface area contributed by atoms with Crippen molar-refractivity contribution in [1.29, 1.82) is 0 Å². The molecule has 1 fully saturated rings. The van der Waals surface area contributed by atoms with Gasteiger partial charge in [-0.15, -0.1) is 0 Å². The van der Waals surface area contributed by atoms with E-state index in [0.29, 0.717) is 0 Å². The molecule has 0 N–H and O–H groups in total. The third kappa shape index (κ3) is 3.07. The van der Waals surface area contributed by atoms with Crippen molar-refractivity contribution in [1.82, 2.24) is 4.90 Å².